The van der Waals surface area contributed by atoms with Crippen molar-refractivity contribution in [3.05, 3.63) is 76.9 Å². The van der Waals surface area contributed by atoms with Crippen LogP contribution in [0.25, 0.3) is 22.0 Å². The van der Waals surface area contributed by atoms with Crippen molar-refractivity contribution >= 4 is 8.19 Å². The fraction of sp³-hybridized carbons (Fsp3) is 0.105. The van der Waals surface area contributed by atoms with Crippen LogP contribution in [0.3, 0.4) is 0 Å². The van der Waals surface area contributed by atoms with Gasteiger partial charge >= 0.3 is 0 Å². The van der Waals surface area contributed by atoms with E-state index < -0.39 is 0 Å². The van der Waals surface area contributed by atoms with E-state index in [0.717, 1.165) is 8.19 Å². The van der Waals surface area contributed by atoms with E-state index >= 15 is 0 Å². The number of fused-ring (bicyclic) bond motifs is 3. The van der Waals surface area contributed by atoms with Crippen molar-refractivity contribution in [2.24, 2.45) is 0 Å². The summed E-state index contributed by atoms with van der Waals surface area (Å²) >= 11 is 0. The first-order valence-electron chi connectivity index (χ1n) is 6.98. The molecular formula is C19H16P. The first kappa shape index (κ1) is 12.0. The quantitative estimate of drug-likeness (QED) is 0.425. The third kappa shape index (κ3) is 1.62. The van der Waals surface area contributed by atoms with Crippen molar-refractivity contribution in [2.45, 2.75) is 13.8 Å². The first-order valence-corrected chi connectivity index (χ1v) is 8.05. The monoisotopic (exact) mass is 275 g/mol. The molecule has 20 heavy (non-hydrogen) atoms. The Kier molecular flexibility index (Phi) is 2.62. The summed E-state index contributed by atoms with van der Waals surface area (Å²) in [6, 6.07) is 15.4. The Bertz CT molecular complexity index is 808. The van der Waals surface area contributed by atoms with Crippen molar-refractivity contribution < 1.29 is 0 Å². The summed E-state index contributed by atoms with van der Waals surface area (Å²) in [5, 5.41) is 1.52. The van der Waals surface area contributed by atoms with Crippen LogP contribution in [0.2, 0.25) is 0 Å². The maximum atomic E-state index is 2.37. The number of hydrogen-bond acceptors (Lipinski definition) is 0. The van der Waals surface area contributed by atoms with Crippen LogP contribution in [0.4, 0.5) is 0 Å². The smallest absolute Gasteiger partial charge is 0.0218 e. The Balaban J connectivity index is 1.96. The third-order valence-electron chi connectivity index (χ3n) is 4.33. The molecule has 0 N–H and O–H groups in total. The molecule has 0 amide bonds. The van der Waals surface area contributed by atoms with Crippen LogP contribution < -0.4 is 0 Å². The number of aryl methyl sites for hydroxylation is 1. The highest BCUT2D eigenvalue weighted by molar-refractivity contribution is 7.33. The largest absolute Gasteiger partial charge is 0.131 e. The minimum atomic E-state index is 0.806. The molecule has 0 nitrogen and oxygen atoms in total. The summed E-state index contributed by atoms with van der Waals surface area (Å²) in [4.78, 5) is 0. The van der Waals surface area contributed by atoms with Crippen LogP contribution in [0.1, 0.15) is 22.3 Å². The highest BCUT2D eigenvalue weighted by atomic mass is 31.0. The molecule has 0 aliphatic heterocycles. The second-order valence-electron chi connectivity index (χ2n) is 5.47. The molecule has 1 atom stereocenters. The maximum Gasteiger partial charge on any atom is 0.0218 e. The van der Waals surface area contributed by atoms with E-state index in [1.54, 1.807) is 0 Å². The lowest BCUT2D eigenvalue weighted by Crippen LogP contribution is -1.86. The topological polar surface area (TPSA) is 0 Å². The highest BCUT2D eigenvalue weighted by Gasteiger charge is 2.22. The van der Waals surface area contributed by atoms with E-state index in [0.29, 0.717) is 0 Å². The summed E-state index contributed by atoms with van der Waals surface area (Å²) < 4.78 is 0. The van der Waals surface area contributed by atoms with Crippen molar-refractivity contribution in [1.29, 1.82) is 0 Å². The van der Waals surface area contributed by atoms with Gasteiger partial charge in [-0.15, -0.1) is 8.19 Å². The normalized spacial score (nSPS) is 12.7. The van der Waals surface area contributed by atoms with Gasteiger partial charge in [0.2, 0.25) is 0 Å². The van der Waals surface area contributed by atoms with Crippen LogP contribution in [0, 0.1) is 20.3 Å². The van der Waals surface area contributed by atoms with Crippen LogP contribution in [0.15, 0.2) is 48.3 Å². The van der Waals surface area contributed by atoms with E-state index in [4.69, 9.17) is 0 Å². The average Bonchev–Trinajstić information content (AvgIpc) is 3.01. The van der Waals surface area contributed by atoms with E-state index in [1.807, 2.05) is 0 Å². The molecule has 3 aromatic rings. The molecule has 1 aliphatic carbocycles. The number of rotatable bonds is 1. The molecule has 0 spiro atoms. The Labute approximate surface area is 121 Å². The summed E-state index contributed by atoms with van der Waals surface area (Å²) in [5.74, 6) is 2.37. The highest BCUT2D eigenvalue weighted by Crippen LogP contribution is 2.45. The molecular weight excluding hydrogens is 259 g/mol. The van der Waals surface area contributed by atoms with E-state index in [2.05, 4.69) is 68.5 Å². The first-order chi connectivity index (χ1) is 9.75. The third-order valence-corrected chi connectivity index (χ3v) is 5.84. The summed E-state index contributed by atoms with van der Waals surface area (Å²) in [6.45, 7) is 4.47. The van der Waals surface area contributed by atoms with Gasteiger partial charge in [-0.3, -0.25) is 0 Å². The molecule has 97 valence electrons. The SMILES string of the molecule is Cc1c[pH]c(-c2cccc3c2[CH]c2ccccc2-3)c1C. The zero-order chi connectivity index (χ0) is 13.7. The van der Waals surface area contributed by atoms with E-state index in [1.165, 1.54) is 44.2 Å². The van der Waals surface area contributed by atoms with Gasteiger partial charge in [-0.25, -0.2) is 0 Å². The van der Waals surface area contributed by atoms with Gasteiger partial charge in [-0.2, -0.15) is 0 Å². The molecule has 4 rings (SSSR count). The van der Waals surface area contributed by atoms with Crippen molar-refractivity contribution in [3.8, 4) is 22.0 Å². The lowest BCUT2D eigenvalue weighted by atomic mass is 9.98. The standard InChI is InChI=1S/C19H16P/c1-12-11-20-19(13(12)2)17-9-5-8-16-15-7-4-3-6-14(15)10-18(16)17/h3-11,20H,1-2H3. The van der Waals surface area contributed by atoms with Crippen molar-refractivity contribution in [2.75, 3.05) is 0 Å². The van der Waals surface area contributed by atoms with Gasteiger partial charge in [0.25, 0.3) is 0 Å². The molecule has 1 radical (unpaired) electrons. The summed E-state index contributed by atoms with van der Waals surface area (Å²) in [7, 11) is 0.806. The zero-order valence-electron chi connectivity index (χ0n) is 11.7. The molecule has 1 aliphatic rings. The maximum absolute atomic E-state index is 2.37. The molecule has 1 unspecified atom stereocenters. The fourth-order valence-corrected chi connectivity index (χ4v) is 4.44. The Morgan fingerprint density at radius 1 is 0.800 bits per heavy atom. The van der Waals surface area contributed by atoms with E-state index in [-0.39, 0.29) is 0 Å². The zero-order valence-corrected chi connectivity index (χ0v) is 12.7. The second-order valence-corrected chi connectivity index (χ2v) is 6.55. The molecule has 0 saturated heterocycles. The molecule has 1 aromatic heterocycles. The van der Waals surface area contributed by atoms with Gasteiger partial charge in [0.05, 0.1) is 0 Å². The van der Waals surface area contributed by atoms with Crippen LogP contribution >= 0.6 is 8.19 Å². The molecule has 2 aromatic carbocycles. The van der Waals surface area contributed by atoms with Crippen LogP contribution in [-0.4, -0.2) is 0 Å². The Morgan fingerprint density at radius 3 is 2.35 bits per heavy atom. The second kappa shape index (κ2) is 4.36. The fourth-order valence-electron chi connectivity index (χ4n) is 3.07. The predicted molar refractivity (Wildman–Crippen MR) is 88.8 cm³/mol. The molecule has 0 fully saturated rings. The van der Waals surface area contributed by atoms with Gasteiger partial charge in [-0.05, 0) is 58.6 Å². The minimum Gasteiger partial charge on any atom is -0.131 e. The van der Waals surface area contributed by atoms with Crippen LogP contribution in [-0.2, 0) is 0 Å². The van der Waals surface area contributed by atoms with Gasteiger partial charge in [0, 0.05) is 11.7 Å². The van der Waals surface area contributed by atoms with Crippen LogP contribution in [0.5, 0.6) is 0 Å². The molecule has 0 bridgehead atoms. The number of benzene rings is 2. The van der Waals surface area contributed by atoms with E-state index in [9.17, 15) is 0 Å². The van der Waals surface area contributed by atoms with Crippen molar-refractivity contribution in [1.82, 2.24) is 0 Å². The van der Waals surface area contributed by atoms with Gasteiger partial charge < -0.3 is 0 Å². The Hall–Kier alpha value is -1.78. The average molecular weight is 275 g/mol. The predicted octanol–water partition coefficient (Wildman–Crippen LogP) is 5.58. The Morgan fingerprint density at radius 2 is 1.55 bits per heavy atom. The molecule has 1 heterocycles. The van der Waals surface area contributed by atoms with Gasteiger partial charge in [0.1, 0.15) is 0 Å². The molecule has 0 saturated carbocycles. The number of hydrogen-bond donors (Lipinski definition) is 0. The molecule has 1 heteroatoms. The lowest BCUT2D eigenvalue weighted by molar-refractivity contribution is 1.40. The van der Waals surface area contributed by atoms with Crippen molar-refractivity contribution in [3.63, 3.8) is 0 Å². The van der Waals surface area contributed by atoms with Gasteiger partial charge in [0.15, 0.2) is 0 Å². The van der Waals surface area contributed by atoms with Gasteiger partial charge in [-0.1, -0.05) is 42.5 Å². The lowest BCUT2D eigenvalue weighted by Gasteiger charge is -2.09. The summed E-state index contributed by atoms with van der Waals surface area (Å²) in [5.41, 5.74) is 9.81. The summed E-state index contributed by atoms with van der Waals surface area (Å²) in [6.07, 6.45) is 2.35. The minimum absolute atomic E-state index is 0.806.